The third kappa shape index (κ3) is 10.7. The number of benzene rings is 1. The van der Waals surface area contributed by atoms with Gasteiger partial charge in [-0.05, 0) is 130 Å². The van der Waals surface area contributed by atoms with Gasteiger partial charge in [0.15, 0.2) is 0 Å². The zero-order valence-electron chi connectivity index (χ0n) is 30.9. The fourth-order valence-electron chi connectivity index (χ4n) is 9.73. The van der Waals surface area contributed by atoms with Crippen LogP contribution in [0.2, 0.25) is 0 Å². The predicted octanol–water partition coefficient (Wildman–Crippen LogP) is 9.54. The second kappa shape index (κ2) is 19.0. The number of fused-ring (bicyclic) bond motifs is 5. The zero-order valence-corrected chi connectivity index (χ0v) is 32.6. The molecule has 1 saturated heterocycles. The molecule has 298 valence electrons. The first-order valence-corrected chi connectivity index (χ1v) is 20.9. The standard InChI is InChI=1S/C39H59F5N2O4S.ClH/c1-37-19-17-32-31-14-13-30(50-36(48)46-21-11-20-45(2)22-23-46)27-29(31)26-28(35(32)33(37)15-16-34(37)47)12-8-6-4-3-5-7-9-24-51(49)25-10-18-38(40,41)39(42,43)44;/h13-14,27-28,32-35,47H,3-12,15-26H2,1-2H3;1H/t28-,32-,33+,34+,35-,37+,51?;/m1./s1. The Morgan fingerprint density at radius 2 is 1.65 bits per heavy atom. The number of carbonyl (C=O) groups excluding carboxylic acids is 1. The Labute approximate surface area is 316 Å². The minimum absolute atomic E-state index is 0. The molecule has 1 aromatic carbocycles. The van der Waals surface area contributed by atoms with Gasteiger partial charge in [0.1, 0.15) is 17.3 Å². The largest absolute Gasteiger partial charge is 0.616 e. The van der Waals surface area contributed by atoms with Crippen molar-refractivity contribution in [3.63, 3.8) is 0 Å². The average Bonchev–Trinajstić information content (AvgIpc) is 3.21. The maximum atomic E-state index is 13.1. The van der Waals surface area contributed by atoms with Gasteiger partial charge in [-0.2, -0.15) is 22.0 Å². The van der Waals surface area contributed by atoms with Crippen molar-refractivity contribution in [2.24, 2.45) is 23.2 Å². The first kappa shape index (κ1) is 43.4. The van der Waals surface area contributed by atoms with Crippen LogP contribution in [-0.4, -0.2) is 88.5 Å². The SMILES string of the molecule is CN1CCCN(C(=O)Oc2ccc3c(c2)C[C@@H](CCCCCCCCC[S+]([O-])CCCC(F)(F)C(F)(F)F)[C@@H]2[C@@H]3CC[C@]3(C)[C@@H](O)CC[C@@H]23)CC1.Cl. The molecule has 3 aliphatic carbocycles. The van der Waals surface area contributed by atoms with Crippen molar-refractivity contribution in [2.75, 3.05) is 44.7 Å². The Hall–Kier alpha value is -1.34. The van der Waals surface area contributed by atoms with Gasteiger partial charge in [-0.25, -0.2) is 4.79 Å². The van der Waals surface area contributed by atoms with E-state index >= 15 is 0 Å². The number of alkyl halides is 5. The highest BCUT2D eigenvalue weighted by Crippen LogP contribution is 2.62. The minimum Gasteiger partial charge on any atom is -0.616 e. The molecule has 1 aliphatic heterocycles. The number of amides is 1. The van der Waals surface area contributed by atoms with Gasteiger partial charge in [-0.3, -0.25) is 0 Å². The molecule has 1 heterocycles. The second-order valence-corrected chi connectivity index (χ2v) is 17.9. The molecule has 1 amide bonds. The summed E-state index contributed by atoms with van der Waals surface area (Å²) >= 11 is -1.37. The van der Waals surface area contributed by atoms with Crippen LogP contribution >= 0.6 is 12.4 Å². The third-order valence-corrected chi connectivity index (χ3v) is 14.2. The van der Waals surface area contributed by atoms with Crippen LogP contribution in [0.4, 0.5) is 26.7 Å². The first-order valence-electron chi connectivity index (χ1n) is 19.5. The van der Waals surface area contributed by atoms with Crippen LogP contribution in [0.3, 0.4) is 0 Å². The van der Waals surface area contributed by atoms with Crippen molar-refractivity contribution in [2.45, 2.75) is 134 Å². The van der Waals surface area contributed by atoms with E-state index in [1.807, 2.05) is 11.0 Å². The molecular weight excluding hydrogens is 723 g/mol. The molecule has 6 nitrogen and oxygen atoms in total. The Morgan fingerprint density at radius 3 is 2.38 bits per heavy atom. The molecule has 4 aliphatic rings. The number of likely N-dealkylation sites (N-methyl/N-ethyl adjacent to an activating group) is 1. The van der Waals surface area contributed by atoms with Gasteiger partial charge in [-0.15, -0.1) is 12.4 Å². The van der Waals surface area contributed by atoms with Gasteiger partial charge in [0.05, 0.1) is 6.10 Å². The number of nitrogens with zero attached hydrogens (tertiary/aromatic N) is 2. The molecule has 13 heteroatoms. The van der Waals surface area contributed by atoms with E-state index in [0.717, 1.165) is 96.6 Å². The fraction of sp³-hybridized carbons (Fsp3) is 0.821. The lowest BCUT2D eigenvalue weighted by molar-refractivity contribution is -0.284. The number of ether oxygens (including phenoxy) is 1. The molecular formula is C39H60ClF5N2O4S. The van der Waals surface area contributed by atoms with E-state index < -0.39 is 36.1 Å². The molecule has 3 fully saturated rings. The summed E-state index contributed by atoms with van der Waals surface area (Å²) in [5, 5.41) is 11.0. The van der Waals surface area contributed by atoms with E-state index in [4.69, 9.17) is 4.74 Å². The number of halogens is 6. The van der Waals surface area contributed by atoms with Crippen molar-refractivity contribution < 1.29 is 41.1 Å². The summed E-state index contributed by atoms with van der Waals surface area (Å²) in [4.78, 5) is 17.1. The van der Waals surface area contributed by atoms with Crippen molar-refractivity contribution in [1.82, 2.24) is 9.80 Å². The average molecular weight is 783 g/mol. The topological polar surface area (TPSA) is 76.1 Å². The maximum absolute atomic E-state index is 13.1. The summed E-state index contributed by atoms with van der Waals surface area (Å²) in [6, 6.07) is 6.30. The first-order chi connectivity index (χ1) is 24.2. The van der Waals surface area contributed by atoms with Gasteiger partial charge in [0, 0.05) is 26.1 Å². The monoisotopic (exact) mass is 782 g/mol. The van der Waals surface area contributed by atoms with Gasteiger partial charge < -0.3 is 24.2 Å². The van der Waals surface area contributed by atoms with Gasteiger partial charge in [0.2, 0.25) is 0 Å². The van der Waals surface area contributed by atoms with Crippen molar-refractivity contribution in [3.05, 3.63) is 29.3 Å². The summed E-state index contributed by atoms with van der Waals surface area (Å²) in [5.41, 5.74) is 2.68. The number of carbonyl (C=O) groups is 1. The summed E-state index contributed by atoms with van der Waals surface area (Å²) < 4.78 is 81.1. The highest BCUT2D eigenvalue weighted by Gasteiger charge is 2.57. The van der Waals surface area contributed by atoms with E-state index in [0.29, 0.717) is 54.7 Å². The Kier molecular flexibility index (Phi) is 15.9. The minimum atomic E-state index is -5.55. The Bertz CT molecular complexity index is 1290. The lowest BCUT2D eigenvalue weighted by Crippen LogP contribution is -2.47. The van der Waals surface area contributed by atoms with Crippen LogP contribution in [0.1, 0.15) is 120 Å². The van der Waals surface area contributed by atoms with E-state index in [-0.39, 0.29) is 35.8 Å². The quantitative estimate of drug-likeness (QED) is 0.109. The Morgan fingerprint density at radius 1 is 0.962 bits per heavy atom. The molecule has 0 bridgehead atoms. The van der Waals surface area contributed by atoms with E-state index in [1.54, 1.807) is 0 Å². The molecule has 5 rings (SSSR count). The van der Waals surface area contributed by atoms with Gasteiger partial charge in [0.25, 0.3) is 0 Å². The highest BCUT2D eigenvalue weighted by atomic mass is 35.5. The number of rotatable bonds is 15. The van der Waals surface area contributed by atoms with Crippen LogP contribution in [-0.2, 0) is 17.6 Å². The molecule has 0 spiro atoms. The third-order valence-electron chi connectivity index (χ3n) is 12.7. The van der Waals surface area contributed by atoms with E-state index in [1.165, 1.54) is 11.1 Å². The van der Waals surface area contributed by atoms with Gasteiger partial charge >= 0.3 is 18.2 Å². The molecule has 52 heavy (non-hydrogen) atoms. The Balaban J connectivity index is 0.00000605. The molecule has 0 radical (unpaired) electrons. The molecule has 1 aromatic rings. The van der Waals surface area contributed by atoms with Gasteiger partial charge in [-0.1, -0.05) is 56.3 Å². The van der Waals surface area contributed by atoms with Crippen LogP contribution in [0.15, 0.2) is 18.2 Å². The molecule has 2 saturated carbocycles. The predicted molar refractivity (Wildman–Crippen MR) is 198 cm³/mol. The van der Waals surface area contributed by atoms with Crippen molar-refractivity contribution >= 4 is 29.7 Å². The fourth-order valence-corrected chi connectivity index (χ4v) is 10.9. The van der Waals surface area contributed by atoms with Crippen LogP contribution < -0.4 is 4.74 Å². The molecule has 0 aromatic heterocycles. The van der Waals surface area contributed by atoms with E-state index in [2.05, 4.69) is 31.0 Å². The molecule has 1 N–H and O–H groups in total. The lowest BCUT2D eigenvalue weighted by atomic mass is 9.52. The number of aliphatic hydroxyl groups is 1. The molecule has 7 atom stereocenters. The number of aliphatic hydroxyl groups excluding tert-OH is 1. The molecule has 1 unspecified atom stereocenters. The smallest absolute Gasteiger partial charge is 0.453 e. The number of hydrogen-bond donors (Lipinski definition) is 1. The summed E-state index contributed by atoms with van der Waals surface area (Å²) in [5.74, 6) is -1.87. The van der Waals surface area contributed by atoms with Crippen LogP contribution in [0, 0.1) is 23.2 Å². The number of hydrogen-bond acceptors (Lipinski definition) is 5. The number of unbranched alkanes of at least 4 members (excludes halogenated alkanes) is 6. The lowest BCUT2D eigenvalue weighted by Gasteiger charge is -2.53. The van der Waals surface area contributed by atoms with Crippen LogP contribution in [0.5, 0.6) is 5.75 Å². The summed E-state index contributed by atoms with van der Waals surface area (Å²) in [7, 11) is 2.08. The van der Waals surface area contributed by atoms with Crippen molar-refractivity contribution in [3.8, 4) is 5.75 Å². The zero-order chi connectivity index (χ0) is 36.8. The highest BCUT2D eigenvalue weighted by molar-refractivity contribution is 7.91. The summed E-state index contributed by atoms with van der Waals surface area (Å²) in [6.45, 7) is 5.50. The summed E-state index contributed by atoms with van der Waals surface area (Å²) in [6.07, 6.45) is 6.25. The van der Waals surface area contributed by atoms with Crippen LogP contribution in [0.25, 0.3) is 0 Å². The van der Waals surface area contributed by atoms with Crippen molar-refractivity contribution in [1.29, 1.82) is 0 Å². The van der Waals surface area contributed by atoms with E-state index in [9.17, 15) is 36.4 Å². The maximum Gasteiger partial charge on any atom is 0.453 e. The second-order valence-electron chi connectivity index (χ2n) is 16.2. The normalized spacial score (nSPS) is 28.6.